The van der Waals surface area contributed by atoms with Crippen LogP contribution in [0.3, 0.4) is 0 Å². The Kier molecular flexibility index (Phi) is 5.53. The summed E-state index contributed by atoms with van der Waals surface area (Å²) in [6.07, 6.45) is 0.0782. The van der Waals surface area contributed by atoms with Crippen molar-refractivity contribution in [2.24, 2.45) is 0 Å². The van der Waals surface area contributed by atoms with E-state index in [2.05, 4.69) is 4.52 Å². The molecule has 0 spiro atoms. The molecule has 1 rings (SSSR count). The lowest BCUT2D eigenvalue weighted by molar-refractivity contribution is 0.0766. The van der Waals surface area contributed by atoms with E-state index in [1.165, 1.54) is 11.8 Å². The first-order valence-electron chi connectivity index (χ1n) is 5.63. The SMILES string of the molecule is CCOP(=O)(O)C(N1CCC(O)CC1)P(=O)(O)O. The quantitative estimate of drug-likeness (QED) is 0.528. The molecule has 0 aromatic rings. The molecule has 108 valence electrons. The molecule has 0 amide bonds. The van der Waals surface area contributed by atoms with Crippen LogP contribution < -0.4 is 0 Å². The third kappa shape index (κ3) is 4.11. The standard InChI is InChI=1S/C8H19NO7P2/c1-2-16-18(14,15)8(17(11,12)13)9-5-3-7(10)4-6-9/h7-8,10H,2-6H2,1H3,(H,14,15)(H2,11,12,13). The molecule has 1 heterocycles. The smallest absolute Gasteiger partial charge is 0.357 e. The molecule has 0 aromatic carbocycles. The number of aliphatic hydroxyl groups is 1. The average molecular weight is 303 g/mol. The van der Waals surface area contributed by atoms with Crippen LogP contribution in [0.2, 0.25) is 0 Å². The third-order valence-corrected chi connectivity index (χ3v) is 6.98. The molecule has 0 saturated carbocycles. The van der Waals surface area contributed by atoms with Crippen LogP contribution >= 0.6 is 15.2 Å². The second kappa shape index (κ2) is 6.11. The molecule has 2 unspecified atom stereocenters. The lowest BCUT2D eigenvalue weighted by Gasteiger charge is -2.37. The van der Waals surface area contributed by atoms with Crippen molar-refractivity contribution >= 4 is 15.2 Å². The van der Waals surface area contributed by atoms with Crippen LogP contribution in [-0.2, 0) is 13.7 Å². The van der Waals surface area contributed by atoms with E-state index in [1.807, 2.05) is 0 Å². The van der Waals surface area contributed by atoms with Crippen molar-refractivity contribution in [1.82, 2.24) is 4.90 Å². The van der Waals surface area contributed by atoms with Gasteiger partial charge < -0.3 is 24.3 Å². The Bertz CT molecular complexity index is 362. The van der Waals surface area contributed by atoms with Crippen molar-refractivity contribution in [3.8, 4) is 0 Å². The Morgan fingerprint density at radius 2 is 1.78 bits per heavy atom. The number of hydrogen-bond donors (Lipinski definition) is 4. The van der Waals surface area contributed by atoms with Gasteiger partial charge in [0.05, 0.1) is 12.7 Å². The van der Waals surface area contributed by atoms with Gasteiger partial charge >= 0.3 is 15.2 Å². The highest BCUT2D eigenvalue weighted by Gasteiger charge is 2.49. The number of nitrogens with zero attached hydrogens (tertiary/aromatic N) is 1. The summed E-state index contributed by atoms with van der Waals surface area (Å²) in [7, 11) is -9.24. The zero-order valence-electron chi connectivity index (χ0n) is 10.0. The van der Waals surface area contributed by atoms with Gasteiger partial charge in [0.25, 0.3) is 0 Å². The molecule has 0 aliphatic carbocycles. The lowest BCUT2D eigenvalue weighted by Crippen LogP contribution is -2.42. The third-order valence-electron chi connectivity index (χ3n) is 2.73. The van der Waals surface area contributed by atoms with E-state index in [9.17, 15) is 28.9 Å². The lowest BCUT2D eigenvalue weighted by atomic mass is 10.1. The molecule has 18 heavy (non-hydrogen) atoms. The highest BCUT2D eigenvalue weighted by Crippen LogP contribution is 2.64. The van der Waals surface area contributed by atoms with Crippen molar-refractivity contribution in [3.05, 3.63) is 0 Å². The fourth-order valence-electron chi connectivity index (χ4n) is 1.98. The Hall–Kier alpha value is 0.220. The van der Waals surface area contributed by atoms with Crippen LogP contribution in [-0.4, -0.2) is 56.0 Å². The van der Waals surface area contributed by atoms with Gasteiger partial charge in [-0.05, 0) is 19.8 Å². The van der Waals surface area contributed by atoms with E-state index in [4.69, 9.17) is 0 Å². The zero-order chi connectivity index (χ0) is 14.0. The molecule has 1 saturated heterocycles. The van der Waals surface area contributed by atoms with E-state index in [-0.39, 0.29) is 19.7 Å². The molecule has 8 nitrogen and oxygen atoms in total. The minimum atomic E-state index is -4.81. The van der Waals surface area contributed by atoms with Crippen LogP contribution in [0.1, 0.15) is 19.8 Å². The largest absolute Gasteiger partial charge is 0.393 e. The molecule has 0 aromatic heterocycles. The van der Waals surface area contributed by atoms with Crippen molar-refractivity contribution in [2.75, 3.05) is 19.7 Å². The van der Waals surface area contributed by atoms with Crippen LogP contribution in [0.5, 0.6) is 0 Å². The highest BCUT2D eigenvalue weighted by molar-refractivity contribution is 7.71. The van der Waals surface area contributed by atoms with Crippen LogP contribution in [0.15, 0.2) is 0 Å². The van der Waals surface area contributed by atoms with Gasteiger partial charge in [0.2, 0.25) is 5.52 Å². The highest BCUT2D eigenvalue weighted by atomic mass is 31.2. The Morgan fingerprint density at radius 1 is 1.28 bits per heavy atom. The molecule has 10 heteroatoms. The summed E-state index contributed by atoms with van der Waals surface area (Å²) < 4.78 is 27.9. The molecule has 4 N–H and O–H groups in total. The summed E-state index contributed by atoms with van der Waals surface area (Å²) >= 11 is 0. The maximum absolute atomic E-state index is 11.9. The first kappa shape index (κ1) is 16.3. The van der Waals surface area contributed by atoms with Crippen LogP contribution in [0.4, 0.5) is 0 Å². The first-order valence-corrected chi connectivity index (χ1v) is 8.95. The summed E-state index contributed by atoms with van der Waals surface area (Å²) in [5.41, 5.74) is -1.85. The van der Waals surface area contributed by atoms with Gasteiger partial charge in [-0.3, -0.25) is 14.0 Å². The fraction of sp³-hybridized carbons (Fsp3) is 1.00. The molecular formula is C8H19NO7P2. The predicted molar refractivity (Wildman–Crippen MR) is 64.1 cm³/mol. The van der Waals surface area contributed by atoms with Crippen LogP contribution in [0, 0.1) is 0 Å². The molecule has 0 radical (unpaired) electrons. The zero-order valence-corrected chi connectivity index (χ0v) is 11.8. The van der Waals surface area contributed by atoms with Crippen molar-refractivity contribution in [2.45, 2.75) is 31.4 Å². The summed E-state index contributed by atoms with van der Waals surface area (Å²) in [4.78, 5) is 29.4. The summed E-state index contributed by atoms with van der Waals surface area (Å²) in [5.74, 6) is 0. The monoisotopic (exact) mass is 303 g/mol. The van der Waals surface area contributed by atoms with Gasteiger partial charge in [0.1, 0.15) is 0 Å². The average Bonchev–Trinajstić information content (AvgIpc) is 2.18. The predicted octanol–water partition coefficient (Wildman–Crippen LogP) is 0.126. The molecule has 1 fully saturated rings. The van der Waals surface area contributed by atoms with Crippen molar-refractivity contribution in [3.63, 3.8) is 0 Å². The Morgan fingerprint density at radius 3 is 2.17 bits per heavy atom. The molecule has 1 aliphatic heterocycles. The van der Waals surface area contributed by atoms with Gasteiger partial charge in [0, 0.05) is 13.1 Å². The number of aliphatic hydroxyl groups excluding tert-OH is 1. The molecular weight excluding hydrogens is 284 g/mol. The van der Waals surface area contributed by atoms with Crippen molar-refractivity contribution in [1.29, 1.82) is 0 Å². The number of piperidine rings is 1. The summed E-state index contributed by atoms with van der Waals surface area (Å²) in [5, 5.41) is 9.33. The Balaban J connectivity index is 2.93. The van der Waals surface area contributed by atoms with E-state index < -0.39 is 26.8 Å². The van der Waals surface area contributed by atoms with Gasteiger partial charge in [-0.1, -0.05) is 0 Å². The summed E-state index contributed by atoms with van der Waals surface area (Å²) in [6, 6.07) is 0. The molecule has 2 atom stereocenters. The maximum atomic E-state index is 11.9. The number of hydrogen-bond acceptors (Lipinski definition) is 5. The number of rotatable bonds is 5. The first-order chi connectivity index (χ1) is 8.18. The molecule has 0 bridgehead atoms. The minimum absolute atomic E-state index is 0.110. The van der Waals surface area contributed by atoms with E-state index in [0.29, 0.717) is 12.8 Å². The number of likely N-dealkylation sites (tertiary alicyclic amines) is 1. The topological polar surface area (TPSA) is 128 Å². The normalized spacial score (nSPS) is 24.7. The van der Waals surface area contributed by atoms with E-state index >= 15 is 0 Å². The van der Waals surface area contributed by atoms with E-state index in [1.54, 1.807) is 0 Å². The Labute approximate surface area is 105 Å². The minimum Gasteiger partial charge on any atom is -0.393 e. The van der Waals surface area contributed by atoms with Gasteiger partial charge in [-0.15, -0.1) is 0 Å². The maximum Gasteiger partial charge on any atom is 0.357 e. The van der Waals surface area contributed by atoms with E-state index in [0.717, 1.165) is 0 Å². The fourth-order valence-corrected chi connectivity index (χ4v) is 5.50. The van der Waals surface area contributed by atoms with Crippen LogP contribution in [0.25, 0.3) is 0 Å². The van der Waals surface area contributed by atoms with Gasteiger partial charge in [0.15, 0.2) is 0 Å². The van der Waals surface area contributed by atoms with Crippen molar-refractivity contribution < 1.29 is 33.4 Å². The second-order valence-corrected chi connectivity index (χ2v) is 8.13. The second-order valence-electron chi connectivity index (χ2n) is 4.18. The van der Waals surface area contributed by atoms with Gasteiger partial charge in [-0.25, -0.2) is 0 Å². The van der Waals surface area contributed by atoms with Gasteiger partial charge in [-0.2, -0.15) is 0 Å². The summed E-state index contributed by atoms with van der Waals surface area (Å²) in [6.45, 7) is 1.66. The molecule has 1 aliphatic rings.